The van der Waals surface area contributed by atoms with Crippen LogP contribution in [0.1, 0.15) is 31.7 Å². The van der Waals surface area contributed by atoms with Crippen molar-refractivity contribution in [3.8, 4) is 0 Å². The highest BCUT2D eigenvalue weighted by Gasteiger charge is 2.40. The number of carbonyl (C=O) groups excluding carboxylic acids is 1. The first-order valence-electron chi connectivity index (χ1n) is 6.20. The first-order chi connectivity index (χ1) is 8.20. The molecule has 0 radical (unpaired) electrons. The molecular formula is C14H19Cl2NO. The van der Waals surface area contributed by atoms with Gasteiger partial charge < -0.3 is 5.32 Å². The van der Waals surface area contributed by atoms with E-state index in [1.807, 2.05) is 31.2 Å². The van der Waals surface area contributed by atoms with Gasteiger partial charge in [-0.25, -0.2) is 0 Å². The topological polar surface area (TPSA) is 29.1 Å². The third kappa shape index (κ3) is 2.71. The lowest BCUT2D eigenvalue weighted by Crippen LogP contribution is -2.45. The number of Topliss-reactive ketones (excluding diaryl/α,β-unsaturated/α-hetero) is 1. The summed E-state index contributed by atoms with van der Waals surface area (Å²) in [7, 11) is 0. The molecule has 1 aliphatic rings. The van der Waals surface area contributed by atoms with Crippen molar-refractivity contribution in [1.29, 1.82) is 0 Å². The van der Waals surface area contributed by atoms with Crippen molar-refractivity contribution in [2.75, 3.05) is 13.1 Å². The van der Waals surface area contributed by atoms with E-state index in [0.717, 1.165) is 36.5 Å². The van der Waals surface area contributed by atoms with Crippen LogP contribution in [0.3, 0.4) is 0 Å². The van der Waals surface area contributed by atoms with Gasteiger partial charge in [0.15, 0.2) is 0 Å². The third-order valence-electron chi connectivity index (χ3n) is 3.70. The van der Waals surface area contributed by atoms with E-state index in [1.54, 1.807) is 0 Å². The van der Waals surface area contributed by atoms with Gasteiger partial charge in [-0.1, -0.05) is 36.7 Å². The minimum atomic E-state index is -0.363. The van der Waals surface area contributed by atoms with E-state index in [4.69, 9.17) is 11.6 Å². The van der Waals surface area contributed by atoms with E-state index in [9.17, 15) is 4.79 Å². The van der Waals surface area contributed by atoms with Gasteiger partial charge in [-0.15, -0.1) is 12.4 Å². The van der Waals surface area contributed by atoms with Gasteiger partial charge in [0.2, 0.25) is 0 Å². The maximum atomic E-state index is 12.4. The average molecular weight is 288 g/mol. The third-order valence-corrected chi connectivity index (χ3v) is 4.03. The molecular weight excluding hydrogens is 269 g/mol. The molecule has 0 spiro atoms. The molecule has 18 heavy (non-hydrogen) atoms. The largest absolute Gasteiger partial charge is 0.317 e. The van der Waals surface area contributed by atoms with Gasteiger partial charge in [0.1, 0.15) is 5.78 Å². The monoisotopic (exact) mass is 287 g/mol. The molecule has 0 aromatic heterocycles. The standard InChI is InChI=1S/C14H18ClNO.ClH/c1-2-13(17)14(7-9-16-10-8-14)11-5-3-4-6-12(11)15;/h3-6,16H,2,7-10H2,1H3;1H. The van der Waals surface area contributed by atoms with Gasteiger partial charge in [0.05, 0.1) is 5.41 Å². The fourth-order valence-corrected chi connectivity index (χ4v) is 3.06. The molecule has 0 amide bonds. The summed E-state index contributed by atoms with van der Waals surface area (Å²) < 4.78 is 0. The SMILES string of the molecule is CCC(=O)C1(c2ccccc2Cl)CCNCC1.Cl. The molecule has 100 valence electrons. The molecule has 1 heterocycles. The summed E-state index contributed by atoms with van der Waals surface area (Å²) in [5, 5.41) is 4.03. The van der Waals surface area contributed by atoms with Crippen LogP contribution in [0.15, 0.2) is 24.3 Å². The fraction of sp³-hybridized carbons (Fsp3) is 0.500. The summed E-state index contributed by atoms with van der Waals surface area (Å²) in [6, 6.07) is 7.76. The van der Waals surface area contributed by atoms with Crippen molar-refractivity contribution >= 4 is 29.8 Å². The van der Waals surface area contributed by atoms with Crippen molar-refractivity contribution in [3.63, 3.8) is 0 Å². The maximum absolute atomic E-state index is 12.4. The average Bonchev–Trinajstić information content (AvgIpc) is 2.39. The quantitative estimate of drug-likeness (QED) is 0.924. The van der Waals surface area contributed by atoms with Crippen LogP contribution in [0, 0.1) is 0 Å². The zero-order valence-electron chi connectivity index (χ0n) is 10.5. The summed E-state index contributed by atoms with van der Waals surface area (Å²) in [6.07, 6.45) is 2.28. The Bertz CT molecular complexity index is 414. The normalized spacial score (nSPS) is 17.9. The Morgan fingerprint density at radius 1 is 1.33 bits per heavy atom. The number of carbonyl (C=O) groups is 1. The Morgan fingerprint density at radius 2 is 1.94 bits per heavy atom. The summed E-state index contributed by atoms with van der Waals surface area (Å²) >= 11 is 6.28. The second-order valence-electron chi connectivity index (χ2n) is 4.59. The van der Waals surface area contributed by atoms with E-state index in [1.165, 1.54) is 0 Å². The highest BCUT2D eigenvalue weighted by atomic mass is 35.5. The van der Waals surface area contributed by atoms with Crippen molar-refractivity contribution in [2.45, 2.75) is 31.6 Å². The van der Waals surface area contributed by atoms with Crippen molar-refractivity contribution in [3.05, 3.63) is 34.9 Å². The van der Waals surface area contributed by atoms with Crippen LogP contribution in [0.25, 0.3) is 0 Å². The van der Waals surface area contributed by atoms with Gasteiger partial charge in [0, 0.05) is 11.4 Å². The smallest absolute Gasteiger partial charge is 0.143 e. The second kappa shape index (κ2) is 6.55. The van der Waals surface area contributed by atoms with Crippen molar-refractivity contribution < 1.29 is 4.79 Å². The lowest BCUT2D eigenvalue weighted by Gasteiger charge is -2.37. The van der Waals surface area contributed by atoms with Crippen LogP contribution < -0.4 is 5.32 Å². The molecule has 0 atom stereocenters. The molecule has 1 fully saturated rings. The van der Waals surface area contributed by atoms with E-state index >= 15 is 0 Å². The van der Waals surface area contributed by atoms with E-state index in [-0.39, 0.29) is 17.8 Å². The second-order valence-corrected chi connectivity index (χ2v) is 5.00. The Labute approximate surface area is 120 Å². The van der Waals surface area contributed by atoms with Gasteiger partial charge >= 0.3 is 0 Å². The molecule has 0 bridgehead atoms. The van der Waals surface area contributed by atoms with Crippen molar-refractivity contribution in [2.24, 2.45) is 0 Å². The first-order valence-corrected chi connectivity index (χ1v) is 6.57. The zero-order valence-corrected chi connectivity index (χ0v) is 12.1. The highest BCUT2D eigenvalue weighted by molar-refractivity contribution is 6.31. The lowest BCUT2D eigenvalue weighted by molar-refractivity contribution is -0.125. The number of nitrogens with one attached hydrogen (secondary N) is 1. The van der Waals surface area contributed by atoms with Crippen LogP contribution in [0.5, 0.6) is 0 Å². The summed E-state index contributed by atoms with van der Waals surface area (Å²) in [6.45, 7) is 3.71. The number of ketones is 1. The predicted octanol–water partition coefficient (Wildman–Crippen LogP) is 3.36. The van der Waals surface area contributed by atoms with Gasteiger partial charge in [-0.2, -0.15) is 0 Å². The predicted molar refractivity (Wildman–Crippen MR) is 77.8 cm³/mol. The molecule has 4 heteroatoms. The number of hydrogen-bond donors (Lipinski definition) is 1. The number of piperidine rings is 1. The summed E-state index contributed by atoms with van der Waals surface area (Å²) in [5.74, 6) is 0.312. The zero-order chi connectivity index (χ0) is 12.3. The minimum absolute atomic E-state index is 0. The van der Waals surface area contributed by atoms with E-state index < -0.39 is 0 Å². The lowest BCUT2D eigenvalue weighted by atomic mass is 9.69. The maximum Gasteiger partial charge on any atom is 0.143 e. The Kier molecular flexibility index (Phi) is 5.64. The Hall–Kier alpha value is -0.570. The number of halogens is 2. The Morgan fingerprint density at radius 3 is 2.50 bits per heavy atom. The Balaban J connectivity index is 0.00000162. The highest BCUT2D eigenvalue weighted by Crippen LogP contribution is 2.39. The molecule has 0 unspecified atom stereocenters. The molecule has 1 aromatic carbocycles. The first kappa shape index (κ1) is 15.5. The molecule has 1 N–H and O–H groups in total. The molecule has 1 aromatic rings. The molecule has 0 aliphatic carbocycles. The van der Waals surface area contributed by atoms with Gasteiger partial charge in [-0.05, 0) is 37.6 Å². The number of hydrogen-bond acceptors (Lipinski definition) is 2. The van der Waals surface area contributed by atoms with E-state index in [0.29, 0.717) is 12.2 Å². The van der Waals surface area contributed by atoms with Gasteiger partial charge in [-0.3, -0.25) is 4.79 Å². The molecule has 2 rings (SSSR count). The van der Waals surface area contributed by atoms with Crippen LogP contribution in [-0.4, -0.2) is 18.9 Å². The molecule has 0 saturated carbocycles. The molecule has 2 nitrogen and oxygen atoms in total. The number of benzene rings is 1. The minimum Gasteiger partial charge on any atom is -0.317 e. The fourth-order valence-electron chi connectivity index (χ4n) is 2.74. The summed E-state index contributed by atoms with van der Waals surface area (Å²) in [4.78, 5) is 12.4. The molecule has 1 saturated heterocycles. The van der Waals surface area contributed by atoms with Crippen LogP contribution >= 0.6 is 24.0 Å². The molecule has 1 aliphatic heterocycles. The van der Waals surface area contributed by atoms with Crippen LogP contribution in [0.2, 0.25) is 5.02 Å². The van der Waals surface area contributed by atoms with E-state index in [2.05, 4.69) is 5.32 Å². The summed E-state index contributed by atoms with van der Waals surface area (Å²) in [5.41, 5.74) is 0.647. The van der Waals surface area contributed by atoms with Gasteiger partial charge in [0.25, 0.3) is 0 Å². The van der Waals surface area contributed by atoms with Crippen LogP contribution in [0.4, 0.5) is 0 Å². The number of rotatable bonds is 3. The van der Waals surface area contributed by atoms with Crippen molar-refractivity contribution in [1.82, 2.24) is 5.32 Å². The van der Waals surface area contributed by atoms with Crippen LogP contribution in [-0.2, 0) is 10.2 Å².